The normalized spacial score (nSPS) is 22.1. The van der Waals surface area contributed by atoms with Crippen LogP contribution in [0.5, 0.6) is 0 Å². The maximum atomic E-state index is 14.5. The molecular weight excluding hydrogens is 379 g/mol. The highest BCUT2D eigenvalue weighted by molar-refractivity contribution is 5.97. The average molecular weight is 411 g/mol. The zero-order valence-electron chi connectivity index (χ0n) is 17.9. The summed E-state index contributed by atoms with van der Waals surface area (Å²) in [5.74, 6) is -0.446. The minimum Gasteiger partial charge on any atom is -0.360 e. The monoisotopic (exact) mass is 410 g/mol. The van der Waals surface area contributed by atoms with E-state index in [1.165, 1.54) is 11.6 Å². The van der Waals surface area contributed by atoms with Crippen LogP contribution in [-0.2, 0) is 16.0 Å². The van der Waals surface area contributed by atoms with Gasteiger partial charge < -0.3 is 14.5 Å². The predicted molar refractivity (Wildman–Crippen MR) is 117 cm³/mol. The van der Waals surface area contributed by atoms with E-state index in [-0.39, 0.29) is 17.6 Å². The average Bonchev–Trinajstić information content (AvgIpc) is 2.76. The molecule has 0 radical (unpaired) electrons. The summed E-state index contributed by atoms with van der Waals surface area (Å²) in [5.41, 5.74) is 1.30. The van der Waals surface area contributed by atoms with E-state index in [1.807, 2.05) is 19.9 Å². The molecule has 2 aliphatic heterocycles. The van der Waals surface area contributed by atoms with Gasteiger partial charge in [0.1, 0.15) is 11.9 Å². The highest BCUT2D eigenvalue weighted by Gasteiger charge is 2.48. The van der Waals surface area contributed by atoms with E-state index >= 15 is 0 Å². The van der Waals surface area contributed by atoms with Crippen molar-refractivity contribution in [2.75, 3.05) is 31.1 Å². The molecule has 2 fully saturated rings. The molecule has 2 aromatic carbocycles. The van der Waals surface area contributed by atoms with Gasteiger partial charge in [-0.05, 0) is 42.9 Å². The van der Waals surface area contributed by atoms with E-state index in [0.717, 1.165) is 38.9 Å². The second-order valence-electron chi connectivity index (χ2n) is 8.92. The van der Waals surface area contributed by atoms with Crippen molar-refractivity contribution in [1.29, 1.82) is 0 Å². The van der Waals surface area contributed by atoms with Crippen molar-refractivity contribution in [1.82, 2.24) is 4.90 Å². The van der Waals surface area contributed by atoms with Crippen LogP contribution in [0.2, 0.25) is 0 Å². The lowest BCUT2D eigenvalue weighted by Gasteiger charge is -2.50. The number of rotatable bonds is 5. The minimum atomic E-state index is -0.533. The summed E-state index contributed by atoms with van der Waals surface area (Å²) in [7, 11) is 0. The Morgan fingerprint density at radius 3 is 2.40 bits per heavy atom. The van der Waals surface area contributed by atoms with Gasteiger partial charge in [-0.2, -0.15) is 0 Å². The Morgan fingerprint density at radius 2 is 1.73 bits per heavy atom. The second-order valence-corrected chi connectivity index (χ2v) is 8.92. The van der Waals surface area contributed by atoms with Crippen LogP contribution in [0.1, 0.15) is 32.3 Å². The predicted octanol–water partition coefficient (Wildman–Crippen LogP) is 4.29. The number of para-hydroxylation sites is 1. The van der Waals surface area contributed by atoms with Crippen molar-refractivity contribution in [3.05, 3.63) is 66.0 Å². The molecule has 1 unspecified atom stereocenters. The lowest BCUT2D eigenvalue weighted by molar-refractivity contribution is -0.171. The molecule has 0 saturated carbocycles. The Bertz CT molecular complexity index is 862. The maximum Gasteiger partial charge on any atom is 0.256 e. The Balaban J connectivity index is 1.46. The van der Waals surface area contributed by atoms with Gasteiger partial charge in [-0.1, -0.05) is 56.3 Å². The lowest BCUT2D eigenvalue weighted by Crippen LogP contribution is -2.63. The fourth-order valence-electron chi connectivity index (χ4n) is 4.56. The molecule has 5 heteroatoms. The maximum absolute atomic E-state index is 14.5. The highest BCUT2D eigenvalue weighted by Crippen LogP contribution is 2.37. The lowest BCUT2D eigenvalue weighted by atomic mass is 9.86. The number of hydrogen-bond donors (Lipinski definition) is 0. The Kier molecular flexibility index (Phi) is 6.21. The number of piperidine rings is 1. The zero-order chi connectivity index (χ0) is 21.1. The summed E-state index contributed by atoms with van der Waals surface area (Å²) in [4.78, 5) is 17.2. The summed E-state index contributed by atoms with van der Waals surface area (Å²) < 4.78 is 21.0. The molecule has 160 valence electrons. The molecule has 1 amide bonds. The summed E-state index contributed by atoms with van der Waals surface area (Å²) in [6.07, 6.45) is 2.20. The molecule has 1 spiro atoms. The number of amides is 1. The molecule has 4 rings (SSSR count). The number of carbonyl (C=O) groups excluding carboxylic acids is 1. The van der Waals surface area contributed by atoms with Crippen molar-refractivity contribution >= 4 is 11.6 Å². The Labute approximate surface area is 178 Å². The number of carbonyl (C=O) groups is 1. The quantitative estimate of drug-likeness (QED) is 0.737. The molecule has 0 N–H and O–H groups in total. The van der Waals surface area contributed by atoms with Gasteiger partial charge in [-0.3, -0.25) is 4.79 Å². The van der Waals surface area contributed by atoms with Crippen LogP contribution in [0, 0.1) is 11.7 Å². The third-order valence-corrected chi connectivity index (χ3v) is 6.41. The second kappa shape index (κ2) is 8.86. The third kappa shape index (κ3) is 4.42. The van der Waals surface area contributed by atoms with Crippen molar-refractivity contribution in [3.8, 4) is 0 Å². The van der Waals surface area contributed by atoms with Gasteiger partial charge in [0.15, 0.2) is 0 Å². The van der Waals surface area contributed by atoms with Gasteiger partial charge in [0.25, 0.3) is 5.91 Å². The molecule has 0 bridgehead atoms. The first-order valence-electron chi connectivity index (χ1n) is 11.0. The smallest absolute Gasteiger partial charge is 0.256 e. The van der Waals surface area contributed by atoms with Crippen LogP contribution in [-0.4, -0.2) is 48.7 Å². The number of halogens is 1. The first-order valence-corrected chi connectivity index (χ1v) is 11.0. The molecule has 2 heterocycles. The van der Waals surface area contributed by atoms with Gasteiger partial charge in [-0.25, -0.2) is 4.39 Å². The molecular formula is C25H31FN2O2. The van der Waals surface area contributed by atoms with Crippen LogP contribution in [0.3, 0.4) is 0 Å². The van der Waals surface area contributed by atoms with Gasteiger partial charge in [0, 0.05) is 19.6 Å². The van der Waals surface area contributed by atoms with Crippen LogP contribution in [0.15, 0.2) is 54.6 Å². The zero-order valence-corrected chi connectivity index (χ0v) is 17.9. The summed E-state index contributed by atoms with van der Waals surface area (Å²) in [6.45, 7) is 7.28. The van der Waals surface area contributed by atoms with Crippen molar-refractivity contribution in [2.45, 2.75) is 44.8 Å². The molecule has 0 aromatic heterocycles. The van der Waals surface area contributed by atoms with E-state index in [9.17, 15) is 9.18 Å². The van der Waals surface area contributed by atoms with Crippen LogP contribution in [0.25, 0.3) is 0 Å². The fraction of sp³-hybridized carbons (Fsp3) is 0.480. The number of benzene rings is 2. The van der Waals surface area contributed by atoms with Crippen LogP contribution in [0.4, 0.5) is 10.1 Å². The van der Waals surface area contributed by atoms with E-state index in [2.05, 4.69) is 29.2 Å². The van der Waals surface area contributed by atoms with Crippen LogP contribution < -0.4 is 4.90 Å². The molecule has 2 aliphatic rings. The third-order valence-electron chi connectivity index (χ3n) is 6.41. The van der Waals surface area contributed by atoms with Gasteiger partial charge in [0.05, 0.1) is 17.8 Å². The van der Waals surface area contributed by atoms with E-state index in [4.69, 9.17) is 4.74 Å². The topological polar surface area (TPSA) is 32.8 Å². The number of morpholine rings is 1. The first-order chi connectivity index (χ1) is 14.5. The number of hydrogen-bond acceptors (Lipinski definition) is 3. The fourth-order valence-corrected chi connectivity index (χ4v) is 4.56. The van der Waals surface area contributed by atoms with Crippen molar-refractivity contribution in [2.24, 2.45) is 5.92 Å². The largest absolute Gasteiger partial charge is 0.360 e. The van der Waals surface area contributed by atoms with E-state index in [1.54, 1.807) is 23.1 Å². The van der Waals surface area contributed by atoms with E-state index in [0.29, 0.717) is 12.2 Å². The van der Waals surface area contributed by atoms with Crippen molar-refractivity contribution < 1.29 is 13.9 Å². The van der Waals surface area contributed by atoms with Gasteiger partial charge >= 0.3 is 0 Å². The number of anilines is 1. The molecule has 30 heavy (non-hydrogen) atoms. The Hall–Kier alpha value is -2.24. The Morgan fingerprint density at radius 1 is 1.07 bits per heavy atom. The van der Waals surface area contributed by atoms with Crippen molar-refractivity contribution in [3.63, 3.8) is 0 Å². The summed E-state index contributed by atoms with van der Waals surface area (Å²) >= 11 is 0. The standard InChI is InChI=1S/C25H31FN2O2/c1-19(2)23-24(29)28(22-11-7-6-10-21(22)26)18-25(30-23)13-16-27(17-14-25)15-12-20-8-4-3-5-9-20/h3-11,19,23H,12-18H2,1-2H3. The number of ether oxygens (including phenoxy) is 1. The summed E-state index contributed by atoms with van der Waals surface area (Å²) in [5, 5.41) is 0. The van der Waals surface area contributed by atoms with Gasteiger partial charge in [0.2, 0.25) is 0 Å². The SMILES string of the molecule is CC(C)C1OC2(CCN(CCc3ccccc3)CC2)CN(c2ccccc2F)C1=O. The first kappa shape index (κ1) is 21.0. The minimum absolute atomic E-state index is 0.0417. The highest BCUT2D eigenvalue weighted by atomic mass is 19.1. The molecule has 0 aliphatic carbocycles. The van der Waals surface area contributed by atoms with E-state index < -0.39 is 11.7 Å². The number of nitrogens with zero attached hydrogens (tertiary/aromatic N) is 2. The molecule has 2 aromatic rings. The summed E-state index contributed by atoms with van der Waals surface area (Å²) in [6, 6.07) is 17.1. The van der Waals surface area contributed by atoms with Gasteiger partial charge in [-0.15, -0.1) is 0 Å². The number of likely N-dealkylation sites (tertiary alicyclic amines) is 1. The molecule has 2 saturated heterocycles. The molecule has 4 nitrogen and oxygen atoms in total. The molecule has 1 atom stereocenters. The van der Waals surface area contributed by atoms with Crippen LogP contribution >= 0.6 is 0 Å².